The van der Waals surface area contributed by atoms with E-state index in [1.54, 1.807) is 6.07 Å². The highest BCUT2D eigenvalue weighted by atomic mass is 16.6. The SMILES string of the molecule is CCOc1ccc(NC(C)=O)c([N+](=O)[O-])c1N1CCCCC1. The maximum absolute atomic E-state index is 11.6. The van der Waals surface area contributed by atoms with Crippen LogP contribution >= 0.6 is 0 Å². The first-order valence-electron chi connectivity index (χ1n) is 7.51. The first-order valence-corrected chi connectivity index (χ1v) is 7.51. The number of hydrogen-bond donors (Lipinski definition) is 1. The number of nitro groups is 1. The summed E-state index contributed by atoms with van der Waals surface area (Å²) in [6.45, 7) is 5.11. The number of piperidine rings is 1. The van der Waals surface area contributed by atoms with Crippen LogP contribution in [0.1, 0.15) is 33.1 Å². The van der Waals surface area contributed by atoms with E-state index in [4.69, 9.17) is 4.74 Å². The van der Waals surface area contributed by atoms with E-state index in [9.17, 15) is 14.9 Å². The van der Waals surface area contributed by atoms with Gasteiger partial charge in [0.15, 0.2) is 5.69 Å². The van der Waals surface area contributed by atoms with Crippen molar-refractivity contribution in [3.63, 3.8) is 0 Å². The van der Waals surface area contributed by atoms with Gasteiger partial charge in [0.25, 0.3) is 0 Å². The van der Waals surface area contributed by atoms with E-state index < -0.39 is 4.92 Å². The highest BCUT2D eigenvalue weighted by molar-refractivity contribution is 5.95. The highest BCUT2D eigenvalue weighted by Crippen LogP contribution is 2.44. The second-order valence-corrected chi connectivity index (χ2v) is 5.23. The molecule has 1 aliphatic heterocycles. The number of nitro benzene ring substituents is 1. The van der Waals surface area contributed by atoms with Gasteiger partial charge in [-0.25, -0.2) is 0 Å². The van der Waals surface area contributed by atoms with E-state index in [0.717, 1.165) is 32.4 Å². The second-order valence-electron chi connectivity index (χ2n) is 5.23. The smallest absolute Gasteiger partial charge is 0.319 e. The van der Waals surface area contributed by atoms with Gasteiger partial charge in [-0.2, -0.15) is 0 Å². The number of amides is 1. The van der Waals surface area contributed by atoms with Gasteiger partial charge >= 0.3 is 5.69 Å². The number of carbonyl (C=O) groups is 1. The molecule has 0 spiro atoms. The van der Waals surface area contributed by atoms with Crippen LogP contribution in [0.2, 0.25) is 0 Å². The lowest BCUT2D eigenvalue weighted by Gasteiger charge is -2.30. The van der Waals surface area contributed by atoms with Crippen LogP contribution in [0.15, 0.2) is 12.1 Å². The molecule has 7 nitrogen and oxygen atoms in total. The molecule has 0 radical (unpaired) electrons. The third kappa shape index (κ3) is 3.47. The number of rotatable bonds is 5. The van der Waals surface area contributed by atoms with Gasteiger partial charge in [-0.3, -0.25) is 14.9 Å². The van der Waals surface area contributed by atoms with Crippen molar-refractivity contribution in [1.29, 1.82) is 0 Å². The topological polar surface area (TPSA) is 84.7 Å². The molecule has 0 aromatic heterocycles. The molecule has 1 amide bonds. The van der Waals surface area contributed by atoms with Crippen LogP contribution in [0, 0.1) is 10.1 Å². The Morgan fingerprint density at radius 3 is 2.59 bits per heavy atom. The van der Waals surface area contributed by atoms with Crippen LogP contribution in [0.5, 0.6) is 5.75 Å². The molecule has 1 aromatic carbocycles. The summed E-state index contributed by atoms with van der Waals surface area (Å²) in [5.74, 6) is 0.155. The summed E-state index contributed by atoms with van der Waals surface area (Å²) in [4.78, 5) is 24.4. The number of hydrogen-bond acceptors (Lipinski definition) is 5. The number of carbonyl (C=O) groups excluding carboxylic acids is 1. The third-order valence-electron chi connectivity index (χ3n) is 3.58. The Morgan fingerprint density at radius 2 is 2.05 bits per heavy atom. The number of nitrogens with zero attached hydrogens (tertiary/aromatic N) is 2. The van der Waals surface area contributed by atoms with Crippen molar-refractivity contribution in [3.8, 4) is 5.75 Å². The van der Waals surface area contributed by atoms with Gasteiger partial charge in [-0.05, 0) is 38.3 Å². The Labute approximate surface area is 129 Å². The van der Waals surface area contributed by atoms with Crippen LogP contribution in [0.4, 0.5) is 17.1 Å². The molecule has 7 heteroatoms. The molecule has 1 aromatic rings. The Hall–Kier alpha value is -2.31. The maximum atomic E-state index is 11.6. The van der Waals surface area contributed by atoms with Gasteiger partial charge < -0.3 is 15.0 Å². The quantitative estimate of drug-likeness (QED) is 0.668. The predicted molar refractivity (Wildman–Crippen MR) is 84.6 cm³/mol. The number of ether oxygens (including phenoxy) is 1. The van der Waals surface area contributed by atoms with Crippen LogP contribution in [-0.4, -0.2) is 30.5 Å². The molecule has 0 bridgehead atoms. The zero-order valence-corrected chi connectivity index (χ0v) is 12.9. The molecular weight excluding hydrogens is 286 g/mol. The normalized spacial score (nSPS) is 14.5. The standard InChI is InChI=1S/C15H21N3O4/c1-3-22-13-8-7-12(16-11(2)19)14(18(20)21)15(13)17-9-5-4-6-10-17/h7-8H,3-6,9-10H2,1-2H3,(H,16,19). The number of anilines is 2. The number of nitrogens with one attached hydrogen (secondary N) is 1. The fourth-order valence-corrected chi connectivity index (χ4v) is 2.73. The minimum absolute atomic E-state index is 0.0944. The van der Waals surface area contributed by atoms with E-state index in [1.807, 2.05) is 11.8 Å². The van der Waals surface area contributed by atoms with Gasteiger partial charge in [-0.1, -0.05) is 0 Å². The van der Waals surface area contributed by atoms with E-state index in [-0.39, 0.29) is 17.3 Å². The molecule has 1 N–H and O–H groups in total. The molecule has 0 saturated carbocycles. The summed E-state index contributed by atoms with van der Waals surface area (Å²) < 4.78 is 5.58. The van der Waals surface area contributed by atoms with Gasteiger partial charge in [0.1, 0.15) is 11.4 Å². The van der Waals surface area contributed by atoms with Crippen LogP contribution < -0.4 is 15.0 Å². The largest absolute Gasteiger partial charge is 0.491 e. The number of benzene rings is 1. The Balaban J connectivity index is 2.56. The fraction of sp³-hybridized carbons (Fsp3) is 0.533. The molecule has 0 aliphatic carbocycles. The van der Waals surface area contributed by atoms with E-state index in [1.165, 1.54) is 13.0 Å². The summed E-state index contributed by atoms with van der Waals surface area (Å²) >= 11 is 0. The lowest BCUT2D eigenvalue weighted by atomic mass is 10.1. The zero-order chi connectivity index (χ0) is 16.1. The van der Waals surface area contributed by atoms with Crippen molar-refractivity contribution in [2.24, 2.45) is 0 Å². The summed E-state index contributed by atoms with van der Waals surface area (Å²) in [5.41, 5.74) is 0.586. The molecule has 2 rings (SSSR count). The summed E-state index contributed by atoms with van der Waals surface area (Å²) in [6.07, 6.45) is 3.11. The molecule has 0 unspecified atom stereocenters. The highest BCUT2D eigenvalue weighted by Gasteiger charge is 2.29. The van der Waals surface area contributed by atoms with Gasteiger partial charge in [0.2, 0.25) is 5.91 Å². The van der Waals surface area contributed by atoms with E-state index in [0.29, 0.717) is 18.0 Å². The van der Waals surface area contributed by atoms with Crippen molar-refractivity contribution in [2.45, 2.75) is 33.1 Å². The van der Waals surface area contributed by atoms with Gasteiger partial charge in [0.05, 0.1) is 11.5 Å². The lowest BCUT2D eigenvalue weighted by Crippen LogP contribution is -2.30. The van der Waals surface area contributed by atoms with E-state index >= 15 is 0 Å². The first-order chi connectivity index (χ1) is 10.5. The summed E-state index contributed by atoms with van der Waals surface area (Å²) in [5, 5.41) is 14.1. The molecule has 1 heterocycles. The molecule has 1 aliphatic rings. The van der Waals surface area contributed by atoms with Crippen molar-refractivity contribution < 1.29 is 14.5 Å². The zero-order valence-electron chi connectivity index (χ0n) is 12.9. The van der Waals surface area contributed by atoms with Crippen LogP contribution in [0.25, 0.3) is 0 Å². The Morgan fingerprint density at radius 1 is 1.36 bits per heavy atom. The van der Waals surface area contributed by atoms with Crippen molar-refractivity contribution in [2.75, 3.05) is 29.9 Å². The van der Waals surface area contributed by atoms with Gasteiger partial charge in [0, 0.05) is 20.0 Å². The summed E-state index contributed by atoms with van der Waals surface area (Å²) in [7, 11) is 0. The predicted octanol–water partition coefficient (Wildman–Crippen LogP) is 2.94. The molecule has 1 fully saturated rings. The first kappa shape index (κ1) is 16.1. The van der Waals surface area contributed by atoms with Crippen molar-refractivity contribution in [1.82, 2.24) is 0 Å². The Bertz CT molecular complexity index is 568. The molecule has 120 valence electrons. The average Bonchev–Trinajstić information content (AvgIpc) is 2.48. The van der Waals surface area contributed by atoms with Crippen molar-refractivity contribution in [3.05, 3.63) is 22.2 Å². The lowest BCUT2D eigenvalue weighted by molar-refractivity contribution is -0.383. The molecule has 0 atom stereocenters. The Kier molecular flexibility index (Phi) is 5.19. The van der Waals surface area contributed by atoms with E-state index in [2.05, 4.69) is 5.32 Å². The second kappa shape index (κ2) is 7.11. The molecular formula is C15H21N3O4. The van der Waals surface area contributed by atoms with Crippen LogP contribution in [0.3, 0.4) is 0 Å². The average molecular weight is 307 g/mol. The molecule has 22 heavy (non-hydrogen) atoms. The minimum atomic E-state index is -0.447. The molecule has 1 saturated heterocycles. The van der Waals surface area contributed by atoms with Gasteiger partial charge in [-0.15, -0.1) is 0 Å². The minimum Gasteiger partial charge on any atom is -0.491 e. The third-order valence-corrected chi connectivity index (χ3v) is 3.58. The van der Waals surface area contributed by atoms with Crippen molar-refractivity contribution >= 4 is 23.0 Å². The van der Waals surface area contributed by atoms with Crippen LogP contribution in [-0.2, 0) is 4.79 Å². The summed E-state index contributed by atoms with van der Waals surface area (Å²) in [6, 6.07) is 3.21. The monoisotopic (exact) mass is 307 g/mol. The fourth-order valence-electron chi connectivity index (χ4n) is 2.73. The maximum Gasteiger partial charge on any atom is 0.319 e.